The van der Waals surface area contributed by atoms with E-state index in [1.807, 2.05) is 32.9 Å². The van der Waals surface area contributed by atoms with Crippen molar-refractivity contribution in [2.45, 2.75) is 38.5 Å². The van der Waals surface area contributed by atoms with Crippen LogP contribution in [0.25, 0.3) is 0 Å². The first-order valence-electron chi connectivity index (χ1n) is 5.26. The molecule has 78 valence electrons. The first-order chi connectivity index (χ1) is 6.99. The van der Waals surface area contributed by atoms with Crippen LogP contribution in [0.3, 0.4) is 0 Å². The summed E-state index contributed by atoms with van der Waals surface area (Å²) in [5.41, 5.74) is 2.41. The Morgan fingerprint density at radius 1 is 1.47 bits per heavy atom. The molecule has 0 aliphatic heterocycles. The third kappa shape index (κ3) is 1.23. The fourth-order valence-electron chi connectivity index (χ4n) is 2.34. The van der Waals surface area contributed by atoms with Gasteiger partial charge in [0, 0.05) is 5.56 Å². The summed E-state index contributed by atoms with van der Waals surface area (Å²) in [6.45, 7) is 5.98. The molecule has 2 nitrogen and oxygen atoms in total. The Labute approximate surface area is 90.2 Å². The quantitative estimate of drug-likeness (QED) is 0.759. The molecule has 2 heteroatoms. The SMILES string of the molecule is CC(C)c1ccc2c(c1O)[C@@](C)(C#N)C2. The van der Waals surface area contributed by atoms with E-state index in [4.69, 9.17) is 5.26 Å². The first-order valence-corrected chi connectivity index (χ1v) is 5.26. The van der Waals surface area contributed by atoms with Gasteiger partial charge in [-0.1, -0.05) is 26.0 Å². The zero-order valence-corrected chi connectivity index (χ0v) is 9.33. The summed E-state index contributed by atoms with van der Waals surface area (Å²) >= 11 is 0. The van der Waals surface area contributed by atoms with Gasteiger partial charge >= 0.3 is 0 Å². The lowest BCUT2D eigenvalue weighted by Gasteiger charge is -2.36. The number of benzene rings is 1. The number of nitriles is 1. The summed E-state index contributed by atoms with van der Waals surface area (Å²) in [4.78, 5) is 0. The maximum Gasteiger partial charge on any atom is 0.124 e. The molecule has 1 aliphatic carbocycles. The first kappa shape index (κ1) is 10.0. The van der Waals surface area contributed by atoms with Crippen molar-refractivity contribution in [1.82, 2.24) is 0 Å². The van der Waals surface area contributed by atoms with Crippen molar-refractivity contribution in [2.24, 2.45) is 0 Å². The normalized spacial score (nSPS) is 23.1. The van der Waals surface area contributed by atoms with Crippen LogP contribution in [-0.4, -0.2) is 5.11 Å². The molecule has 0 spiro atoms. The number of hydrogen-bond acceptors (Lipinski definition) is 2. The number of aromatic hydroxyl groups is 1. The second kappa shape index (κ2) is 3.00. The molecule has 0 heterocycles. The lowest BCUT2D eigenvalue weighted by molar-refractivity contribution is 0.418. The van der Waals surface area contributed by atoms with Gasteiger partial charge in [0.2, 0.25) is 0 Å². The summed E-state index contributed by atoms with van der Waals surface area (Å²) in [6.07, 6.45) is 0.755. The third-order valence-electron chi connectivity index (χ3n) is 3.26. The molecule has 0 radical (unpaired) electrons. The molecular weight excluding hydrogens is 186 g/mol. The van der Waals surface area contributed by atoms with Crippen LogP contribution in [0.15, 0.2) is 12.1 Å². The van der Waals surface area contributed by atoms with E-state index in [0.717, 1.165) is 23.1 Å². The van der Waals surface area contributed by atoms with Gasteiger partial charge in [-0.15, -0.1) is 0 Å². The van der Waals surface area contributed by atoms with Crippen molar-refractivity contribution in [2.75, 3.05) is 0 Å². The zero-order chi connectivity index (χ0) is 11.2. The van der Waals surface area contributed by atoms with Crippen molar-refractivity contribution in [3.05, 3.63) is 28.8 Å². The average molecular weight is 201 g/mol. The Morgan fingerprint density at radius 3 is 2.67 bits per heavy atom. The highest BCUT2D eigenvalue weighted by Crippen LogP contribution is 2.48. The van der Waals surface area contributed by atoms with Gasteiger partial charge in [-0.3, -0.25) is 0 Å². The zero-order valence-electron chi connectivity index (χ0n) is 9.33. The van der Waals surface area contributed by atoms with E-state index in [2.05, 4.69) is 6.07 Å². The van der Waals surface area contributed by atoms with E-state index in [-0.39, 0.29) is 0 Å². The summed E-state index contributed by atoms with van der Waals surface area (Å²) in [5, 5.41) is 19.2. The minimum atomic E-state index is -0.482. The van der Waals surface area contributed by atoms with Gasteiger partial charge in [0.05, 0.1) is 11.5 Å². The van der Waals surface area contributed by atoms with E-state index in [1.165, 1.54) is 0 Å². The minimum absolute atomic E-state index is 0.291. The molecule has 0 saturated carbocycles. The van der Waals surface area contributed by atoms with Crippen LogP contribution in [0.4, 0.5) is 0 Å². The third-order valence-corrected chi connectivity index (χ3v) is 3.26. The predicted molar refractivity (Wildman–Crippen MR) is 58.9 cm³/mol. The Hall–Kier alpha value is -1.49. The monoisotopic (exact) mass is 201 g/mol. The number of phenols is 1. The molecule has 0 fully saturated rings. The molecule has 15 heavy (non-hydrogen) atoms. The molecule has 0 bridgehead atoms. The van der Waals surface area contributed by atoms with Crippen LogP contribution < -0.4 is 0 Å². The second-order valence-electron chi connectivity index (χ2n) is 4.81. The van der Waals surface area contributed by atoms with Gasteiger partial charge in [0.1, 0.15) is 5.75 Å². The lowest BCUT2D eigenvalue weighted by atomic mass is 9.65. The molecule has 1 aliphatic rings. The van der Waals surface area contributed by atoms with Crippen molar-refractivity contribution < 1.29 is 5.11 Å². The number of rotatable bonds is 1. The lowest BCUT2D eigenvalue weighted by Crippen LogP contribution is -2.34. The molecule has 0 amide bonds. The Kier molecular flexibility index (Phi) is 2.01. The highest BCUT2D eigenvalue weighted by Gasteiger charge is 2.42. The van der Waals surface area contributed by atoms with Crippen LogP contribution in [-0.2, 0) is 11.8 Å². The number of hydrogen-bond donors (Lipinski definition) is 1. The summed E-state index contributed by atoms with van der Waals surface area (Å²) in [6, 6.07) is 6.28. The highest BCUT2D eigenvalue weighted by molar-refractivity contribution is 5.59. The second-order valence-corrected chi connectivity index (χ2v) is 4.81. The van der Waals surface area contributed by atoms with Crippen molar-refractivity contribution >= 4 is 0 Å². The molecule has 0 unspecified atom stereocenters. The van der Waals surface area contributed by atoms with Gasteiger partial charge < -0.3 is 5.11 Å². The Balaban J connectivity index is 2.60. The van der Waals surface area contributed by atoms with Crippen molar-refractivity contribution in [3.63, 3.8) is 0 Å². The fraction of sp³-hybridized carbons (Fsp3) is 0.462. The van der Waals surface area contributed by atoms with Crippen LogP contribution in [0, 0.1) is 11.3 Å². The van der Waals surface area contributed by atoms with E-state index in [0.29, 0.717) is 11.7 Å². The van der Waals surface area contributed by atoms with Gasteiger partial charge in [-0.05, 0) is 30.4 Å². The Bertz CT molecular complexity index is 456. The van der Waals surface area contributed by atoms with Gasteiger partial charge in [-0.2, -0.15) is 5.26 Å². The van der Waals surface area contributed by atoms with E-state index in [1.54, 1.807) is 0 Å². The summed E-state index contributed by atoms with van der Waals surface area (Å²) in [7, 11) is 0. The van der Waals surface area contributed by atoms with Crippen LogP contribution in [0.2, 0.25) is 0 Å². The molecule has 2 rings (SSSR count). The number of fused-ring (bicyclic) bond motifs is 1. The summed E-state index contributed by atoms with van der Waals surface area (Å²) < 4.78 is 0. The molecule has 1 N–H and O–H groups in total. The van der Waals surface area contributed by atoms with Gasteiger partial charge in [0.25, 0.3) is 0 Å². The fourth-order valence-corrected chi connectivity index (χ4v) is 2.34. The van der Waals surface area contributed by atoms with Crippen LogP contribution in [0.1, 0.15) is 43.4 Å². The van der Waals surface area contributed by atoms with E-state index in [9.17, 15) is 5.11 Å². The Morgan fingerprint density at radius 2 is 2.13 bits per heavy atom. The largest absolute Gasteiger partial charge is 0.507 e. The number of nitrogens with zero attached hydrogens (tertiary/aromatic N) is 1. The number of phenolic OH excluding ortho intramolecular Hbond substituents is 1. The standard InChI is InChI=1S/C13H15NO/c1-8(2)10-5-4-9-6-13(3,7-14)11(9)12(10)15/h4-5,8,15H,6H2,1-3H3/t13-/m1/s1. The van der Waals surface area contributed by atoms with Gasteiger partial charge in [-0.25, -0.2) is 0 Å². The van der Waals surface area contributed by atoms with E-state index >= 15 is 0 Å². The topological polar surface area (TPSA) is 44.0 Å². The molecule has 0 aromatic heterocycles. The maximum atomic E-state index is 10.1. The van der Waals surface area contributed by atoms with E-state index < -0.39 is 5.41 Å². The molecule has 1 aromatic carbocycles. The predicted octanol–water partition coefficient (Wildman–Crippen LogP) is 2.85. The van der Waals surface area contributed by atoms with Crippen molar-refractivity contribution in [3.8, 4) is 11.8 Å². The average Bonchev–Trinajstić information content (AvgIpc) is 2.14. The molecular formula is C13H15NO. The van der Waals surface area contributed by atoms with Crippen LogP contribution in [0.5, 0.6) is 5.75 Å². The smallest absolute Gasteiger partial charge is 0.124 e. The maximum absolute atomic E-state index is 10.1. The molecule has 0 saturated heterocycles. The summed E-state index contributed by atoms with van der Waals surface area (Å²) in [5.74, 6) is 0.622. The van der Waals surface area contributed by atoms with Crippen LogP contribution >= 0.6 is 0 Å². The molecule has 1 atom stereocenters. The minimum Gasteiger partial charge on any atom is -0.507 e. The molecule has 1 aromatic rings. The highest BCUT2D eigenvalue weighted by atomic mass is 16.3. The van der Waals surface area contributed by atoms with Gasteiger partial charge in [0.15, 0.2) is 0 Å². The van der Waals surface area contributed by atoms with Crippen molar-refractivity contribution in [1.29, 1.82) is 5.26 Å².